The van der Waals surface area contributed by atoms with E-state index < -0.39 is 22.0 Å². The summed E-state index contributed by atoms with van der Waals surface area (Å²) in [5, 5.41) is 10.6. The van der Waals surface area contributed by atoms with Crippen LogP contribution >= 0.6 is 0 Å². The molecular weight excluding hydrogens is 496 g/mol. The number of carbonyl (C=O) groups is 3. The number of esters is 3. The standard InChI is InChI=1S/C16H26O4.C16H26O3/c1-4-15(2,3)14(18)20-16(9-6-5-7-10-16)12-8-11-19-13(12)17;1-4-14(2,3)13(17)19-16-8-11-5-12(9-16)7-15(18,6-11)10-16/h12H,4-11H2,1-3H3;11-12,18H,4-10H2,1-3H3. The van der Waals surface area contributed by atoms with E-state index in [9.17, 15) is 19.5 Å². The van der Waals surface area contributed by atoms with Crippen molar-refractivity contribution in [1.29, 1.82) is 0 Å². The molecule has 5 aliphatic carbocycles. The average Bonchev–Trinajstić information content (AvgIpc) is 3.29. The number of rotatable bonds is 7. The fourth-order valence-electron chi connectivity index (χ4n) is 7.84. The van der Waals surface area contributed by atoms with Crippen LogP contribution in [0.4, 0.5) is 0 Å². The topological polar surface area (TPSA) is 99.1 Å². The molecule has 1 saturated heterocycles. The van der Waals surface area contributed by atoms with Gasteiger partial charge in [-0.25, -0.2) is 0 Å². The minimum absolute atomic E-state index is 0.0828. The maximum atomic E-state index is 12.5. The van der Waals surface area contributed by atoms with Gasteiger partial charge in [0.2, 0.25) is 0 Å². The first-order valence-corrected chi connectivity index (χ1v) is 15.5. The van der Waals surface area contributed by atoms with Crippen molar-refractivity contribution in [2.45, 2.75) is 148 Å². The van der Waals surface area contributed by atoms with Gasteiger partial charge in [0.1, 0.15) is 11.2 Å². The number of cyclic esters (lactones) is 1. The first-order valence-electron chi connectivity index (χ1n) is 15.5. The van der Waals surface area contributed by atoms with Gasteiger partial charge in [0.15, 0.2) is 0 Å². The summed E-state index contributed by atoms with van der Waals surface area (Å²) in [6, 6.07) is 0. The highest BCUT2D eigenvalue weighted by Gasteiger charge is 2.59. The molecule has 39 heavy (non-hydrogen) atoms. The normalized spacial score (nSPS) is 35.1. The SMILES string of the molecule is CCC(C)(C)C(=O)OC1(C2CCOC2=O)CCCCC1.CCC(C)(C)C(=O)OC12CC3CC(CC(O)(C3)C1)C2. The van der Waals surface area contributed by atoms with Gasteiger partial charge in [0.05, 0.1) is 29.0 Å². The van der Waals surface area contributed by atoms with Gasteiger partial charge in [0.25, 0.3) is 0 Å². The minimum Gasteiger partial charge on any atom is -0.465 e. The van der Waals surface area contributed by atoms with E-state index in [4.69, 9.17) is 14.2 Å². The van der Waals surface area contributed by atoms with E-state index in [-0.39, 0.29) is 29.4 Å². The lowest BCUT2D eigenvalue weighted by molar-refractivity contribution is -0.225. The second-order valence-electron chi connectivity index (χ2n) is 14.8. The molecule has 3 atom stereocenters. The summed E-state index contributed by atoms with van der Waals surface area (Å²) in [5.41, 5.74) is -2.43. The molecule has 6 rings (SSSR count). The number of ether oxygens (including phenoxy) is 3. The maximum absolute atomic E-state index is 12.5. The third kappa shape index (κ3) is 6.33. The summed E-state index contributed by atoms with van der Waals surface area (Å²) < 4.78 is 17.0. The van der Waals surface area contributed by atoms with Crippen LogP contribution < -0.4 is 0 Å². The predicted molar refractivity (Wildman–Crippen MR) is 148 cm³/mol. The first kappa shape index (κ1) is 30.3. The van der Waals surface area contributed by atoms with Gasteiger partial charge in [-0.2, -0.15) is 0 Å². The Morgan fingerprint density at radius 1 is 0.897 bits per heavy atom. The van der Waals surface area contributed by atoms with Crippen LogP contribution in [0.2, 0.25) is 0 Å². The van der Waals surface area contributed by atoms with E-state index in [0.29, 0.717) is 31.3 Å². The van der Waals surface area contributed by atoms with E-state index >= 15 is 0 Å². The number of aliphatic hydroxyl groups is 1. The van der Waals surface area contributed by atoms with Crippen LogP contribution in [0.25, 0.3) is 0 Å². The van der Waals surface area contributed by atoms with Crippen LogP contribution in [-0.4, -0.2) is 46.4 Å². The Labute approximate surface area is 235 Å². The van der Waals surface area contributed by atoms with E-state index in [1.165, 1.54) is 6.42 Å². The second kappa shape index (κ2) is 11.0. The lowest BCUT2D eigenvalue weighted by Crippen LogP contribution is -2.61. The highest BCUT2D eigenvalue weighted by Crippen LogP contribution is 2.59. The zero-order valence-electron chi connectivity index (χ0n) is 25.2. The predicted octanol–water partition coefficient (Wildman–Crippen LogP) is 6.28. The zero-order valence-corrected chi connectivity index (χ0v) is 25.2. The zero-order chi connectivity index (χ0) is 28.7. The monoisotopic (exact) mass is 548 g/mol. The lowest BCUT2D eigenvalue weighted by Gasteiger charge is -2.59. The van der Waals surface area contributed by atoms with Crippen molar-refractivity contribution in [2.24, 2.45) is 28.6 Å². The van der Waals surface area contributed by atoms with Crippen molar-refractivity contribution in [3.63, 3.8) is 0 Å². The molecule has 6 fully saturated rings. The summed E-state index contributed by atoms with van der Waals surface area (Å²) in [4.78, 5) is 36.8. The maximum Gasteiger partial charge on any atom is 0.313 e. The molecule has 7 nitrogen and oxygen atoms in total. The Kier molecular flexibility index (Phi) is 8.54. The molecule has 6 aliphatic rings. The summed E-state index contributed by atoms with van der Waals surface area (Å²) in [5.74, 6) is 0.406. The Hall–Kier alpha value is -1.63. The van der Waals surface area contributed by atoms with E-state index in [0.717, 1.165) is 70.6 Å². The van der Waals surface area contributed by atoms with Crippen LogP contribution in [0, 0.1) is 28.6 Å². The molecule has 1 N–H and O–H groups in total. The third-order valence-electron chi connectivity index (χ3n) is 10.7. The van der Waals surface area contributed by atoms with Crippen molar-refractivity contribution in [1.82, 2.24) is 0 Å². The van der Waals surface area contributed by atoms with Crippen molar-refractivity contribution >= 4 is 17.9 Å². The van der Waals surface area contributed by atoms with Crippen LogP contribution in [0.15, 0.2) is 0 Å². The molecule has 5 saturated carbocycles. The fraction of sp³-hybridized carbons (Fsp3) is 0.906. The molecule has 1 heterocycles. The van der Waals surface area contributed by atoms with Crippen molar-refractivity contribution in [2.75, 3.05) is 6.61 Å². The molecule has 0 spiro atoms. The van der Waals surface area contributed by atoms with E-state index in [1.807, 2.05) is 41.5 Å². The number of hydrogen-bond acceptors (Lipinski definition) is 7. The first-order chi connectivity index (χ1) is 18.2. The van der Waals surface area contributed by atoms with Gasteiger partial charge < -0.3 is 19.3 Å². The molecule has 222 valence electrons. The molecule has 1 aliphatic heterocycles. The molecule has 0 aromatic rings. The summed E-state index contributed by atoms with van der Waals surface area (Å²) >= 11 is 0. The average molecular weight is 549 g/mol. The molecular formula is C32H52O7. The van der Waals surface area contributed by atoms with Crippen LogP contribution in [-0.2, 0) is 28.6 Å². The lowest BCUT2D eigenvalue weighted by atomic mass is 9.52. The van der Waals surface area contributed by atoms with Gasteiger partial charge in [-0.15, -0.1) is 0 Å². The Balaban J connectivity index is 0.000000181. The largest absolute Gasteiger partial charge is 0.465 e. The van der Waals surface area contributed by atoms with Crippen LogP contribution in [0.3, 0.4) is 0 Å². The molecule has 0 radical (unpaired) electrons. The van der Waals surface area contributed by atoms with Crippen molar-refractivity contribution in [3.8, 4) is 0 Å². The summed E-state index contributed by atoms with van der Waals surface area (Å²) in [6.07, 6.45) is 12.6. The van der Waals surface area contributed by atoms with Gasteiger partial charge in [-0.3, -0.25) is 14.4 Å². The Morgan fingerprint density at radius 2 is 1.44 bits per heavy atom. The highest BCUT2D eigenvalue weighted by atomic mass is 16.6. The van der Waals surface area contributed by atoms with Crippen LogP contribution in [0.1, 0.15) is 131 Å². The van der Waals surface area contributed by atoms with Gasteiger partial charge in [-0.1, -0.05) is 20.3 Å². The Bertz CT molecular complexity index is 915. The second-order valence-corrected chi connectivity index (χ2v) is 14.8. The molecule has 7 heteroatoms. The molecule has 4 bridgehead atoms. The highest BCUT2D eigenvalue weighted by molar-refractivity contribution is 5.79. The molecule has 0 amide bonds. The minimum atomic E-state index is -0.616. The van der Waals surface area contributed by atoms with E-state index in [2.05, 4.69) is 0 Å². The molecule has 0 aromatic carbocycles. The fourth-order valence-corrected chi connectivity index (χ4v) is 7.84. The molecule has 0 aromatic heterocycles. The number of hydrogen-bond donors (Lipinski definition) is 1. The summed E-state index contributed by atoms with van der Waals surface area (Å²) in [6.45, 7) is 12.2. The third-order valence-corrected chi connectivity index (χ3v) is 10.7. The van der Waals surface area contributed by atoms with Crippen molar-refractivity contribution in [3.05, 3.63) is 0 Å². The smallest absolute Gasteiger partial charge is 0.313 e. The molecule has 3 unspecified atom stereocenters. The number of carbonyl (C=O) groups excluding carboxylic acids is 3. The van der Waals surface area contributed by atoms with Gasteiger partial charge in [0, 0.05) is 6.42 Å². The van der Waals surface area contributed by atoms with Gasteiger partial charge >= 0.3 is 17.9 Å². The quantitative estimate of drug-likeness (QED) is 0.295. The van der Waals surface area contributed by atoms with E-state index in [1.54, 1.807) is 0 Å². The Morgan fingerprint density at radius 3 is 1.90 bits per heavy atom. The van der Waals surface area contributed by atoms with Crippen LogP contribution in [0.5, 0.6) is 0 Å². The summed E-state index contributed by atoms with van der Waals surface area (Å²) in [7, 11) is 0. The van der Waals surface area contributed by atoms with Gasteiger partial charge in [-0.05, 0) is 117 Å². The van der Waals surface area contributed by atoms with Crippen molar-refractivity contribution < 1.29 is 33.7 Å².